The van der Waals surface area contributed by atoms with E-state index in [1.54, 1.807) is 0 Å². The van der Waals surface area contributed by atoms with Gasteiger partial charge in [0.15, 0.2) is 0 Å². The van der Waals surface area contributed by atoms with E-state index in [9.17, 15) is 9.59 Å². The molecule has 0 saturated carbocycles. The minimum absolute atomic E-state index is 0.00223. The van der Waals surface area contributed by atoms with Crippen molar-refractivity contribution in [3.8, 4) is 0 Å². The van der Waals surface area contributed by atoms with E-state index in [1.807, 2.05) is 4.90 Å². The Morgan fingerprint density at radius 3 is 2.75 bits per heavy atom. The number of aliphatic carboxylic acids is 1. The maximum Gasteiger partial charge on any atom is 0.307 e. The van der Waals surface area contributed by atoms with Gasteiger partial charge in [-0.2, -0.15) is 0 Å². The van der Waals surface area contributed by atoms with Crippen molar-refractivity contribution in [1.29, 1.82) is 0 Å². The second-order valence-corrected chi connectivity index (χ2v) is 4.94. The van der Waals surface area contributed by atoms with Gasteiger partial charge in [0.2, 0.25) is 5.91 Å². The summed E-state index contributed by atoms with van der Waals surface area (Å²) in [6.45, 7) is 5.72. The summed E-state index contributed by atoms with van der Waals surface area (Å²) in [4.78, 5) is 24.2. The number of carboxylic acid groups (broad SMARTS) is 1. The van der Waals surface area contributed by atoms with Crippen molar-refractivity contribution in [3.05, 3.63) is 0 Å². The van der Waals surface area contributed by atoms with Crippen molar-refractivity contribution >= 4 is 11.9 Å². The van der Waals surface area contributed by atoms with Crippen LogP contribution in [-0.2, 0) is 9.59 Å². The highest BCUT2D eigenvalue weighted by Gasteiger charge is 2.29. The predicted molar refractivity (Wildman–Crippen MR) is 61.0 cm³/mol. The zero-order chi connectivity index (χ0) is 12.1. The fourth-order valence-electron chi connectivity index (χ4n) is 2.02. The molecular formula is C12H21NO3. The van der Waals surface area contributed by atoms with E-state index in [0.717, 1.165) is 19.4 Å². The van der Waals surface area contributed by atoms with E-state index >= 15 is 0 Å². The molecule has 1 heterocycles. The van der Waals surface area contributed by atoms with Gasteiger partial charge >= 0.3 is 5.97 Å². The molecule has 4 heteroatoms. The second-order valence-electron chi connectivity index (χ2n) is 4.94. The van der Waals surface area contributed by atoms with Crippen LogP contribution in [0.4, 0.5) is 0 Å². The Kier molecular flexibility index (Phi) is 4.77. The van der Waals surface area contributed by atoms with Crippen molar-refractivity contribution < 1.29 is 14.7 Å². The number of amides is 1. The summed E-state index contributed by atoms with van der Waals surface area (Å²) in [7, 11) is 0. The summed E-state index contributed by atoms with van der Waals surface area (Å²) in [5, 5.41) is 8.82. The second kappa shape index (κ2) is 5.87. The first-order chi connectivity index (χ1) is 7.50. The molecule has 0 aliphatic carbocycles. The maximum atomic E-state index is 11.6. The third kappa shape index (κ3) is 3.83. The van der Waals surface area contributed by atoms with Gasteiger partial charge in [-0.1, -0.05) is 13.8 Å². The standard InChI is InChI=1S/C12H21NO3/c1-9(2)4-3-6-13-7-5-10(12(15)16)8-11(13)14/h9-10H,3-8H2,1-2H3,(H,15,16). The molecule has 0 aromatic heterocycles. The summed E-state index contributed by atoms with van der Waals surface area (Å²) in [6.07, 6.45) is 2.91. The van der Waals surface area contributed by atoms with E-state index in [0.29, 0.717) is 18.9 Å². The number of hydrogen-bond acceptors (Lipinski definition) is 2. The summed E-state index contributed by atoms with van der Waals surface area (Å²) in [5.41, 5.74) is 0. The molecule has 1 unspecified atom stereocenters. The minimum Gasteiger partial charge on any atom is -0.481 e. The molecule has 4 nitrogen and oxygen atoms in total. The summed E-state index contributed by atoms with van der Waals surface area (Å²) < 4.78 is 0. The Hall–Kier alpha value is -1.06. The van der Waals surface area contributed by atoms with Crippen LogP contribution in [0.3, 0.4) is 0 Å². The number of hydrogen-bond donors (Lipinski definition) is 1. The van der Waals surface area contributed by atoms with Crippen molar-refractivity contribution in [2.45, 2.75) is 39.5 Å². The molecule has 1 aliphatic heterocycles. The van der Waals surface area contributed by atoms with Crippen LogP contribution in [0.1, 0.15) is 39.5 Å². The molecule has 1 atom stereocenters. The number of rotatable bonds is 5. The molecule has 1 amide bonds. The predicted octanol–water partition coefficient (Wildman–Crippen LogP) is 1.75. The Bertz CT molecular complexity index is 263. The first-order valence-electron chi connectivity index (χ1n) is 6.01. The molecule has 1 rings (SSSR count). The van der Waals surface area contributed by atoms with Gasteiger partial charge in [-0.25, -0.2) is 0 Å². The first kappa shape index (κ1) is 13.0. The maximum absolute atomic E-state index is 11.6. The average Bonchev–Trinajstić information content (AvgIpc) is 2.19. The van der Waals surface area contributed by atoms with E-state index in [1.165, 1.54) is 0 Å². The fourth-order valence-corrected chi connectivity index (χ4v) is 2.02. The third-order valence-electron chi connectivity index (χ3n) is 3.08. The SMILES string of the molecule is CC(C)CCCN1CCC(C(=O)O)CC1=O. The zero-order valence-corrected chi connectivity index (χ0v) is 10.1. The number of piperidine rings is 1. The van der Waals surface area contributed by atoms with Crippen LogP contribution in [0.2, 0.25) is 0 Å². The molecule has 1 fully saturated rings. The van der Waals surface area contributed by atoms with Gasteiger partial charge in [0.25, 0.3) is 0 Å². The highest BCUT2D eigenvalue weighted by atomic mass is 16.4. The van der Waals surface area contributed by atoms with Gasteiger partial charge in [-0.3, -0.25) is 9.59 Å². The number of carboxylic acids is 1. The Morgan fingerprint density at radius 1 is 1.56 bits per heavy atom. The molecule has 92 valence electrons. The quantitative estimate of drug-likeness (QED) is 0.778. The highest BCUT2D eigenvalue weighted by molar-refractivity contribution is 5.83. The van der Waals surface area contributed by atoms with Crippen LogP contribution in [0.25, 0.3) is 0 Å². The summed E-state index contributed by atoms with van der Waals surface area (Å²) >= 11 is 0. The molecule has 0 aromatic rings. The van der Waals surface area contributed by atoms with Gasteiger partial charge < -0.3 is 10.0 Å². The molecular weight excluding hydrogens is 206 g/mol. The number of carbonyl (C=O) groups is 2. The van der Waals surface area contributed by atoms with Crippen LogP contribution in [0.5, 0.6) is 0 Å². The van der Waals surface area contributed by atoms with Crippen molar-refractivity contribution in [3.63, 3.8) is 0 Å². The van der Waals surface area contributed by atoms with E-state index in [2.05, 4.69) is 13.8 Å². The van der Waals surface area contributed by atoms with E-state index in [4.69, 9.17) is 5.11 Å². The third-order valence-corrected chi connectivity index (χ3v) is 3.08. The molecule has 0 aromatic carbocycles. The zero-order valence-electron chi connectivity index (χ0n) is 10.1. The largest absolute Gasteiger partial charge is 0.481 e. The fraction of sp³-hybridized carbons (Fsp3) is 0.833. The average molecular weight is 227 g/mol. The van der Waals surface area contributed by atoms with Gasteiger partial charge in [-0.15, -0.1) is 0 Å². The van der Waals surface area contributed by atoms with Crippen molar-refractivity contribution in [2.75, 3.05) is 13.1 Å². The number of carbonyl (C=O) groups excluding carboxylic acids is 1. The molecule has 16 heavy (non-hydrogen) atoms. The Balaban J connectivity index is 2.31. The van der Waals surface area contributed by atoms with Crippen LogP contribution in [-0.4, -0.2) is 35.0 Å². The van der Waals surface area contributed by atoms with Crippen molar-refractivity contribution in [1.82, 2.24) is 4.90 Å². The first-order valence-corrected chi connectivity index (χ1v) is 6.01. The van der Waals surface area contributed by atoms with Crippen LogP contribution >= 0.6 is 0 Å². The Labute approximate surface area is 96.6 Å². The van der Waals surface area contributed by atoms with Gasteiger partial charge in [0.1, 0.15) is 0 Å². The lowest BCUT2D eigenvalue weighted by molar-refractivity contribution is -0.149. The number of likely N-dealkylation sites (tertiary alicyclic amines) is 1. The normalized spacial score (nSPS) is 21.6. The topological polar surface area (TPSA) is 57.6 Å². The van der Waals surface area contributed by atoms with E-state index < -0.39 is 11.9 Å². The van der Waals surface area contributed by atoms with Gasteiger partial charge in [-0.05, 0) is 25.2 Å². The van der Waals surface area contributed by atoms with Crippen LogP contribution in [0, 0.1) is 11.8 Å². The molecule has 1 saturated heterocycles. The van der Waals surface area contributed by atoms with Crippen molar-refractivity contribution in [2.24, 2.45) is 11.8 Å². The molecule has 1 N–H and O–H groups in total. The van der Waals surface area contributed by atoms with Crippen LogP contribution < -0.4 is 0 Å². The summed E-state index contributed by atoms with van der Waals surface area (Å²) in [6, 6.07) is 0. The van der Waals surface area contributed by atoms with E-state index in [-0.39, 0.29) is 12.3 Å². The van der Waals surface area contributed by atoms with Gasteiger partial charge in [0, 0.05) is 19.5 Å². The lowest BCUT2D eigenvalue weighted by Crippen LogP contribution is -2.41. The Morgan fingerprint density at radius 2 is 2.25 bits per heavy atom. The molecule has 0 radical (unpaired) electrons. The van der Waals surface area contributed by atoms with Gasteiger partial charge in [0.05, 0.1) is 5.92 Å². The summed E-state index contributed by atoms with van der Waals surface area (Å²) in [5.74, 6) is -0.641. The molecule has 1 aliphatic rings. The van der Waals surface area contributed by atoms with Crippen LogP contribution in [0.15, 0.2) is 0 Å². The molecule has 0 spiro atoms. The molecule has 0 bridgehead atoms. The minimum atomic E-state index is -0.838. The smallest absolute Gasteiger partial charge is 0.307 e. The lowest BCUT2D eigenvalue weighted by atomic mass is 9.96. The lowest BCUT2D eigenvalue weighted by Gasteiger charge is -2.30. The highest BCUT2D eigenvalue weighted by Crippen LogP contribution is 2.19. The number of nitrogens with zero attached hydrogens (tertiary/aromatic N) is 1. The monoisotopic (exact) mass is 227 g/mol.